The molecule has 0 aromatic heterocycles. The molecular weight excluding hydrogens is 260 g/mol. The molecule has 1 unspecified atom stereocenters. The van der Waals surface area contributed by atoms with E-state index in [2.05, 4.69) is 5.32 Å². The van der Waals surface area contributed by atoms with Gasteiger partial charge in [-0.25, -0.2) is 4.79 Å². The summed E-state index contributed by atoms with van der Waals surface area (Å²) in [5, 5.41) is 2.46. The van der Waals surface area contributed by atoms with Crippen LogP contribution in [-0.4, -0.2) is 49.7 Å². The molecule has 1 atom stereocenters. The monoisotopic (exact) mass is 278 g/mol. The summed E-state index contributed by atoms with van der Waals surface area (Å²) in [6, 6.07) is 7.13. The summed E-state index contributed by atoms with van der Waals surface area (Å²) in [6.45, 7) is 2.93. The van der Waals surface area contributed by atoms with Crippen molar-refractivity contribution in [3.8, 4) is 5.75 Å². The van der Waals surface area contributed by atoms with E-state index in [1.165, 1.54) is 10.5 Å². The summed E-state index contributed by atoms with van der Waals surface area (Å²) in [4.78, 5) is 24.4. The maximum absolute atomic E-state index is 12.0. The molecule has 6 heteroatoms. The number of likely N-dealkylation sites (N-methyl/N-ethyl adjacent to an activating group) is 1. The third-order valence-electron chi connectivity index (χ3n) is 3.06. The number of hydrogen-bond donors (Lipinski definition) is 1. The smallest absolute Gasteiger partial charge is 0.407 e. The Balaban J connectivity index is 1.74. The zero-order valence-corrected chi connectivity index (χ0v) is 11.6. The van der Waals surface area contributed by atoms with Gasteiger partial charge in [0.1, 0.15) is 25.0 Å². The fourth-order valence-corrected chi connectivity index (χ4v) is 1.83. The molecular formula is C14H18N2O4. The van der Waals surface area contributed by atoms with Crippen LogP contribution in [0.4, 0.5) is 4.79 Å². The molecule has 1 aromatic rings. The van der Waals surface area contributed by atoms with Gasteiger partial charge in [0.25, 0.3) is 0 Å². The average Bonchev–Trinajstić information content (AvgIpc) is 2.86. The third-order valence-corrected chi connectivity index (χ3v) is 3.06. The van der Waals surface area contributed by atoms with Crippen LogP contribution in [-0.2, 0) is 9.53 Å². The van der Waals surface area contributed by atoms with Crippen molar-refractivity contribution in [2.24, 2.45) is 0 Å². The second-order valence-electron chi connectivity index (χ2n) is 4.72. The Morgan fingerprint density at radius 1 is 1.45 bits per heavy atom. The molecule has 108 valence electrons. The van der Waals surface area contributed by atoms with E-state index < -0.39 is 12.1 Å². The number of carbonyl (C=O) groups is 2. The van der Waals surface area contributed by atoms with Gasteiger partial charge in [-0.15, -0.1) is 0 Å². The molecule has 2 amide bonds. The normalized spacial score (nSPS) is 17.3. The second-order valence-corrected chi connectivity index (χ2v) is 4.72. The van der Waals surface area contributed by atoms with Crippen LogP contribution >= 0.6 is 0 Å². The lowest BCUT2D eigenvalue weighted by molar-refractivity contribution is -0.132. The minimum absolute atomic E-state index is 0.0842. The van der Waals surface area contributed by atoms with Crippen molar-refractivity contribution < 1.29 is 19.1 Å². The van der Waals surface area contributed by atoms with Gasteiger partial charge in [-0.1, -0.05) is 17.7 Å². The maximum atomic E-state index is 12.0. The molecule has 1 saturated heterocycles. The van der Waals surface area contributed by atoms with E-state index in [-0.39, 0.29) is 12.5 Å². The number of amides is 2. The van der Waals surface area contributed by atoms with Gasteiger partial charge in [0.2, 0.25) is 5.91 Å². The lowest BCUT2D eigenvalue weighted by atomic mass is 10.2. The van der Waals surface area contributed by atoms with E-state index in [0.717, 1.165) is 5.75 Å². The van der Waals surface area contributed by atoms with Gasteiger partial charge in [-0.2, -0.15) is 0 Å². The summed E-state index contributed by atoms with van der Waals surface area (Å²) in [6.07, 6.45) is -0.548. The van der Waals surface area contributed by atoms with Crippen LogP contribution in [0.1, 0.15) is 5.56 Å². The lowest BCUT2D eigenvalue weighted by Gasteiger charge is -2.20. The highest BCUT2D eigenvalue weighted by atomic mass is 16.6. The van der Waals surface area contributed by atoms with Crippen LogP contribution in [0.2, 0.25) is 0 Å². The van der Waals surface area contributed by atoms with Crippen molar-refractivity contribution in [3.63, 3.8) is 0 Å². The topological polar surface area (TPSA) is 67.9 Å². The number of cyclic esters (lactones) is 1. The van der Waals surface area contributed by atoms with Gasteiger partial charge in [0, 0.05) is 7.05 Å². The summed E-state index contributed by atoms with van der Waals surface area (Å²) in [5.41, 5.74) is 1.17. The Morgan fingerprint density at radius 3 is 2.75 bits per heavy atom. The number of hydrogen-bond acceptors (Lipinski definition) is 4. The quantitative estimate of drug-likeness (QED) is 0.870. The number of ether oxygens (including phenoxy) is 2. The van der Waals surface area contributed by atoms with Crippen molar-refractivity contribution in [2.45, 2.75) is 13.0 Å². The van der Waals surface area contributed by atoms with E-state index >= 15 is 0 Å². The van der Waals surface area contributed by atoms with Crippen molar-refractivity contribution in [1.82, 2.24) is 10.2 Å². The number of rotatable bonds is 5. The van der Waals surface area contributed by atoms with Crippen molar-refractivity contribution >= 4 is 12.0 Å². The number of carbonyl (C=O) groups excluding carboxylic acids is 2. The fourth-order valence-electron chi connectivity index (χ4n) is 1.83. The molecule has 1 aromatic carbocycles. The Hall–Kier alpha value is -2.24. The summed E-state index contributed by atoms with van der Waals surface area (Å²) in [5.74, 6) is 0.595. The van der Waals surface area contributed by atoms with Crippen LogP contribution in [0.15, 0.2) is 24.3 Å². The van der Waals surface area contributed by atoms with Crippen LogP contribution < -0.4 is 10.1 Å². The minimum Gasteiger partial charge on any atom is -0.492 e. The van der Waals surface area contributed by atoms with E-state index in [1.54, 1.807) is 7.05 Å². The largest absolute Gasteiger partial charge is 0.492 e. The molecule has 0 aliphatic carbocycles. The molecule has 20 heavy (non-hydrogen) atoms. The van der Waals surface area contributed by atoms with E-state index in [0.29, 0.717) is 13.2 Å². The highest BCUT2D eigenvalue weighted by Crippen LogP contribution is 2.11. The zero-order valence-electron chi connectivity index (χ0n) is 11.6. The van der Waals surface area contributed by atoms with Gasteiger partial charge in [-0.05, 0) is 19.1 Å². The Labute approximate surface area is 117 Å². The van der Waals surface area contributed by atoms with Crippen LogP contribution in [0, 0.1) is 6.92 Å². The lowest BCUT2D eigenvalue weighted by Crippen LogP contribution is -2.45. The first-order valence-electron chi connectivity index (χ1n) is 6.44. The van der Waals surface area contributed by atoms with Crippen molar-refractivity contribution in [3.05, 3.63) is 29.8 Å². The first kappa shape index (κ1) is 14.2. The number of nitrogens with zero attached hydrogens (tertiary/aromatic N) is 1. The van der Waals surface area contributed by atoms with Crippen LogP contribution in [0.5, 0.6) is 5.75 Å². The summed E-state index contributed by atoms with van der Waals surface area (Å²) >= 11 is 0. The second kappa shape index (κ2) is 6.27. The standard InChI is InChI=1S/C14H18N2O4/c1-10-3-5-11(6-4-10)19-8-7-16(2)13(17)12-9-20-14(18)15-12/h3-6,12H,7-9H2,1-2H3,(H,15,18). The summed E-state index contributed by atoms with van der Waals surface area (Å²) < 4.78 is 10.2. The SMILES string of the molecule is Cc1ccc(OCCN(C)C(=O)C2COC(=O)N2)cc1. The van der Waals surface area contributed by atoms with E-state index in [4.69, 9.17) is 9.47 Å². The predicted octanol–water partition coefficient (Wildman–Crippen LogP) is 0.941. The average molecular weight is 278 g/mol. The zero-order chi connectivity index (χ0) is 14.5. The Morgan fingerprint density at radius 2 is 2.15 bits per heavy atom. The molecule has 0 spiro atoms. The number of nitrogens with one attached hydrogen (secondary N) is 1. The molecule has 1 N–H and O–H groups in total. The van der Waals surface area contributed by atoms with Crippen molar-refractivity contribution in [2.75, 3.05) is 26.8 Å². The van der Waals surface area contributed by atoms with E-state index in [9.17, 15) is 9.59 Å². The predicted molar refractivity (Wildman–Crippen MR) is 72.6 cm³/mol. The van der Waals surface area contributed by atoms with Crippen molar-refractivity contribution in [1.29, 1.82) is 0 Å². The molecule has 0 saturated carbocycles. The number of alkyl carbamates (subject to hydrolysis) is 1. The fraction of sp³-hybridized carbons (Fsp3) is 0.429. The van der Waals surface area contributed by atoms with Gasteiger partial charge in [-0.3, -0.25) is 4.79 Å². The van der Waals surface area contributed by atoms with Crippen LogP contribution in [0.25, 0.3) is 0 Å². The molecule has 0 bridgehead atoms. The number of aryl methyl sites for hydroxylation is 1. The van der Waals surface area contributed by atoms with Gasteiger partial charge in [0.05, 0.1) is 6.54 Å². The van der Waals surface area contributed by atoms with Gasteiger partial charge < -0.3 is 19.7 Å². The Kier molecular flexibility index (Phi) is 4.45. The molecule has 1 fully saturated rings. The van der Waals surface area contributed by atoms with Gasteiger partial charge >= 0.3 is 6.09 Å². The van der Waals surface area contributed by atoms with E-state index in [1.807, 2.05) is 31.2 Å². The molecule has 1 aliphatic heterocycles. The number of benzene rings is 1. The molecule has 2 rings (SSSR count). The van der Waals surface area contributed by atoms with Crippen LogP contribution in [0.3, 0.4) is 0 Å². The highest BCUT2D eigenvalue weighted by molar-refractivity contribution is 5.87. The first-order valence-corrected chi connectivity index (χ1v) is 6.44. The molecule has 1 heterocycles. The molecule has 1 aliphatic rings. The highest BCUT2D eigenvalue weighted by Gasteiger charge is 2.30. The first-order chi connectivity index (χ1) is 9.56. The molecule has 6 nitrogen and oxygen atoms in total. The van der Waals surface area contributed by atoms with Gasteiger partial charge in [0.15, 0.2) is 0 Å². The summed E-state index contributed by atoms with van der Waals surface area (Å²) in [7, 11) is 1.67. The molecule has 0 radical (unpaired) electrons. The third kappa shape index (κ3) is 3.63. The minimum atomic E-state index is -0.591. The Bertz CT molecular complexity index is 486. The maximum Gasteiger partial charge on any atom is 0.407 e.